The van der Waals surface area contributed by atoms with Crippen LogP contribution in [0.2, 0.25) is 0 Å². The third kappa shape index (κ3) is 3.47. The summed E-state index contributed by atoms with van der Waals surface area (Å²) >= 11 is 0. The molecule has 0 bridgehead atoms. The molecule has 5 nitrogen and oxygen atoms in total. The van der Waals surface area contributed by atoms with E-state index in [0.717, 1.165) is 38.3 Å². The number of rotatable bonds is 4. The molecular formula is C17H23N3O2. The molecule has 1 aromatic carbocycles. The number of piperidine rings is 1. The molecular weight excluding hydrogens is 278 g/mol. The first-order chi connectivity index (χ1) is 10.7. The molecule has 2 N–H and O–H groups in total. The summed E-state index contributed by atoms with van der Waals surface area (Å²) in [5.74, 6) is 0.658. The Morgan fingerprint density at radius 2 is 2.09 bits per heavy atom. The molecule has 0 aromatic heterocycles. The normalized spacial score (nSPS) is 21.9. The largest absolute Gasteiger partial charge is 0.352 e. The Kier molecular flexibility index (Phi) is 4.73. The molecule has 0 aliphatic carbocycles. The maximum absolute atomic E-state index is 12.2. The van der Waals surface area contributed by atoms with Crippen LogP contribution in [0.3, 0.4) is 0 Å². The van der Waals surface area contributed by atoms with E-state index in [1.165, 1.54) is 12.8 Å². The van der Waals surface area contributed by atoms with Gasteiger partial charge in [0.15, 0.2) is 0 Å². The van der Waals surface area contributed by atoms with Crippen molar-refractivity contribution >= 4 is 17.5 Å². The monoisotopic (exact) mass is 301 g/mol. The van der Waals surface area contributed by atoms with Crippen LogP contribution < -0.4 is 15.5 Å². The summed E-state index contributed by atoms with van der Waals surface area (Å²) in [6, 6.07) is 7.32. The zero-order chi connectivity index (χ0) is 15.4. The van der Waals surface area contributed by atoms with E-state index >= 15 is 0 Å². The molecule has 22 heavy (non-hydrogen) atoms. The molecule has 2 aliphatic rings. The summed E-state index contributed by atoms with van der Waals surface area (Å²) < 4.78 is 0. The van der Waals surface area contributed by atoms with Crippen molar-refractivity contribution in [2.45, 2.75) is 25.7 Å². The number of carbonyl (C=O) groups is 2. The molecule has 2 fully saturated rings. The number of hydrogen-bond donors (Lipinski definition) is 2. The highest BCUT2D eigenvalue weighted by Gasteiger charge is 2.21. The van der Waals surface area contributed by atoms with E-state index in [1.54, 1.807) is 17.0 Å². The number of amides is 2. The fourth-order valence-electron chi connectivity index (χ4n) is 3.15. The number of benzene rings is 1. The summed E-state index contributed by atoms with van der Waals surface area (Å²) in [6.07, 6.45) is 3.89. The van der Waals surface area contributed by atoms with Crippen LogP contribution in [0.5, 0.6) is 0 Å². The molecule has 0 spiro atoms. The minimum Gasteiger partial charge on any atom is -0.352 e. The second kappa shape index (κ2) is 6.92. The lowest BCUT2D eigenvalue weighted by Crippen LogP contribution is -2.38. The van der Waals surface area contributed by atoms with Crippen LogP contribution in [0.4, 0.5) is 5.69 Å². The molecule has 2 heterocycles. The van der Waals surface area contributed by atoms with E-state index in [4.69, 9.17) is 0 Å². The van der Waals surface area contributed by atoms with Crippen LogP contribution in [0, 0.1) is 5.92 Å². The maximum atomic E-state index is 12.2. The van der Waals surface area contributed by atoms with Gasteiger partial charge in [-0.1, -0.05) is 0 Å². The van der Waals surface area contributed by atoms with E-state index in [1.807, 2.05) is 12.1 Å². The number of nitrogens with one attached hydrogen (secondary N) is 2. The van der Waals surface area contributed by atoms with Gasteiger partial charge in [-0.3, -0.25) is 9.59 Å². The van der Waals surface area contributed by atoms with E-state index in [0.29, 0.717) is 17.9 Å². The molecule has 0 saturated carbocycles. The molecule has 1 unspecified atom stereocenters. The highest BCUT2D eigenvalue weighted by atomic mass is 16.2. The molecule has 1 aromatic rings. The summed E-state index contributed by atoms with van der Waals surface area (Å²) in [6.45, 7) is 3.56. The molecule has 2 amide bonds. The third-order valence-electron chi connectivity index (χ3n) is 4.46. The van der Waals surface area contributed by atoms with Gasteiger partial charge >= 0.3 is 0 Å². The molecule has 0 radical (unpaired) electrons. The highest BCUT2D eigenvalue weighted by molar-refractivity contribution is 5.97. The van der Waals surface area contributed by atoms with Gasteiger partial charge in [-0.05, 0) is 62.5 Å². The van der Waals surface area contributed by atoms with Gasteiger partial charge in [0.05, 0.1) is 0 Å². The van der Waals surface area contributed by atoms with E-state index < -0.39 is 0 Å². The van der Waals surface area contributed by atoms with Gasteiger partial charge in [-0.15, -0.1) is 0 Å². The fourth-order valence-corrected chi connectivity index (χ4v) is 3.15. The molecule has 3 rings (SSSR count). The van der Waals surface area contributed by atoms with Gasteiger partial charge in [0.25, 0.3) is 5.91 Å². The lowest BCUT2D eigenvalue weighted by molar-refractivity contribution is -0.117. The van der Waals surface area contributed by atoms with Crippen LogP contribution in [0.15, 0.2) is 24.3 Å². The summed E-state index contributed by atoms with van der Waals surface area (Å²) in [5, 5.41) is 6.36. The summed E-state index contributed by atoms with van der Waals surface area (Å²) in [4.78, 5) is 25.7. The topological polar surface area (TPSA) is 61.4 Å². The first kappa shape index (κ1) is 15.0. The van der Waals surface area contributed by atoms with Crippen molar-refractivity contribution in [3.63, 3.8) is 0 Å². The van der Waals surface area contributed by atoms with Crippen LogP contribution in [-0.4, -0.2) is 38.0 Å². The third-order valence-corrected chi connectivity index (χ3v) is 4.46. The Hall–Kier alpha value is -1.88. The first-order valence-corrected chi connectivity index (χ1v) is 8.13. The Bertz CT molecular complexity index is 535. The molecule has 5 heteroatoms. The Balaban J connectivity index is 1.55. The quantitative estimate of drug-likeness (QED) is 0.887. The van der Waals surface area contributed by atoms with Crippen LogP contribution >= 0.6 is 0 Å². The van der Waals surface area contributed by atoms with Crippen molar-refractivity contribution in [3.05, 3.63) is 29.8 Å². The lowest BCUT2D eigenvalue weighted by atomic mass is 9.99. The number of anilines is 1. The maximum Gasteiger partial charge on any atom is 0.251 e. The first-order valence-electron chi connectivity index (χ1n) is 8.13. The van der Waals surface area contributed by atoms with Crippen molar-refractivity contribution < 1.29 is 9.59 Å². The Labute approximate surface area is 131 Å². The Morgan fingerprint density at radius 1 is 1.27 bits per heavy atom. The molecule has 1 atom stereocenters. The molecule has 2 aliphatic heterocycles. The van der Waals surface area contributed by atoms with Gasteiger partial charge in [-0.2, -0.15) is 0 Å². The van der Waals surface area contributed by atoms with E-state index in [9.17, 15) is 9.59 Å². The fraction of sp³-hybridized carbons (Fsp3) is 0.529. The van der Waals surface area contributed by atoms with Gasteiger partial charge in [0, 0.05) is 30.8 Å². The lowest BCUT2D eigenvalue weighted by Gasteiger charge is -2.23. The molecule has 118 valence electrons. The zero-order valence-electron chi connectivity index (χ0n) is 12.8. The average molecular weight is 301 g/mol. The summed E-state index contributed by atoms with van der Waals surface area (Å²) in [5.41, 5.74) is 1.54. The zero-order valence-corrected chi connectivity index (χ0v) is 12.8. The summed E-state index contributed by atoms with van der Waals surface area (Å²) in [7, 11) is 0. The second-order valence-electron chi connectivity index (χ2n) is 6.12. The SMILES string of the molecule is O=C(NCC1CCCNC1)c1ccc(N2CCCC2=O)cc1. The minimum absolute atomic E-state index is 0.0372. The molecule has 2 saturated heterocycles. The Morgan fingerprint density at radius 3 is 2.73 bits per heavy atom. The standard InChI is InChI=1S/C17H23N3O2/c21-16-4-2-10-20(16)15-7-5-14(6-8-15)17(22)19-12-13-3-1-9-18-11-13/h5-8,13,18H,1-4,9-12H2,(H,19,22). The second-order valence-corrected chi connectivity index (χ2v) is 6.12. The van der Waals surface area contributed by atoms with Crippen LogP contribution in [-0.2, 0) is 4.79 Å². The van der Waals surface area contributed by atoms with Gasteiger partial charge in [-0.25, -0.2) is 0 Å². The van der Waals surface area contributed by atoms with E-state index in [2.05, 4.69) is 10.6 Å². The smallest absolute Gasteiger partial charge is 0.251 e. The van der Waals surface area contributed by atoms with Gasteiger partial charge < -0.3 is 15.5 Å². The van der Waals surface area contributed by atoms with Gasteiger partial charge in [0.1, 0.15) is 0 Å². The van der Waals surface area contributed by atoms with E-state index in [-0.39, 0.29) is 11.8 Å². The predicted molar refractivity (Wildman–Crippen MR) is 86.0 cm³/mol. The average Bonchev–Trinajstić information content (AvgIpc) is 3.00. The minimum atomic E-state index is -0.0372. The number of nitrogens with zero attached hydrogens (tertiary/aromatic N) is 1. The van der Waals surface area contributed by atoms with Crippen molar-refractivity contribution in [3.8, 4) is 0 Å². The number of carbonyl (C=O) groups excluding carboxylic acids is 2. The van der Waals surface area contributed by atoms with Crippen molar-refractivity contribution in [1.82, 2.24) is 10.6 Å². The van der Waals surface area contributed by atoms with Crippen LogP contribution in [0.25, 0.3) is 0 Å². The van der Waals surface area contributed by atoms with Crippen LogP contribution in [0.1, 0.15) is 36.0 Å². The van der Waals surface area contributed by atoms with Gasteiger partial charge in [0.2, 0.25) is 5.91 Å². The highest BCUT2D eigenvalue weighted by Crippen LogP contribution is 2.21. The number of hydrogen-bond acceptors (Lipinski definition) is 3. The van der Waals surface area contributed by atoms with Crippen molar-refractivity contribution in [2.24, 2.45) is 5.92 Å². The van der Waals surface area contributed by atoms with Crippen molar-refractivity contribution in [1.29, 1.82) is 0 Å². The van der Waals surface area contributed by atoms with Crippen molar-refractivity contribution in [2.75, 3.05) is 31.1 Å². The predicted octanol–water partition coefficient (Wildman–Crippen LogP) is 1.54.